The van der Waals surface area contributed by atoms with Gasteiger partial charge in [0.15, 0.2) is 0 Å². The van der Waals surface area contributed by atoms with Crippen LogP contribution in [0.5, 0.6) is 0 Å². The molecule has 0 aliphatic heterocycles. The Morgan fingerprint density at radius 1 is 1.33 bits per heavy atom. The Hall–Kier alpha value is -1.44. The van der Waals surface area contributed by atoms with Gasteiger partial charge in [-0.25, -0.2) is 4.79 Å². The van der Waals surface area contributed by atoms with Gasteiger partial charge in [0.05, 0.1) is 11.4 Å². The second-order valence-corrected chi connectivity index (χ2v) is 6.80. The van der Waals surface area contributed by atoms with Crippen LogP contribution in [0.15, 0.2) is 45.5 Å². The Labute approximate surface area is 135 Å². The fourth-order valence-electron chi connectivity index (χ4n) is 1.59. The molecule has 0 aliphatic carbocycles. The summed E-state index contributed by atoms with van der Waals surface area (Å²) in [5.41, 5.74) is 0.798. The lowest BCUT2D eigenvalue weighted by molar-refractivity contribution is -0.113. The summed E-state index contributed by atoms with van der Waals surface area (Å²) >= 11 is 4.06. The summed E-state index contributed by atoms with van der Waals surface area (Å²) in [5.74, 6) is -0.798. The molecule has 4 nitrogen and oxygen atoms in total. The van der Waals surface area contributed by atoms with Gasteiger partial charge in [-0.2, -0.15) is 0 Å². The van der Waals surface area contributed by atoms with E-state index in [1.165, 1.54) is 11.8 Å². The molecule has 7 heteroatoms. The number of amides is 1. The minimum Gasteiger partial charge on any atom is -0.477 e. The van der Waals surface area contributed by atoms with Crippen molar-refractivity contribution in [2.24, 2.45) is 0 Å². The first-order valence-electron chi connectivity index (χ1n) is 5.97. The van der Waals surface area contributed by atoms with E-state index in [4.69, 9.17) is 5.11 Å². The molecule has 0 saturated heterocycles. The molecule has 0 unspecified atom stereocenters. The first-order valence-corrected chi connectivity index (χ1v) is 9.06. The summed E-state index contributed by atoms with van der Waals surface area (Å²) in [6.07, 6.45) is 1.96. The standard InChI is InChI=1S/C14H13NO3S3/c1-19-11-5-3-2-4-10(11)15-13(16)8-20-9-6-12(14(17)18)21-7-9/h2-7H,8H2,1H3,(H,15,16)(H,17,18). The van der Waals surface area contributed by atoms with E-state index in [0.717, 1.165) is 26.8 Å². The Morgan fingerprint density at radius 3 is 2.76 bits per heavy atom. The number of nitrogens with one attached hydrogen (secondary N) is 1. The van der Waals surface area contributed by atoms with Gasteiger partial charge < -0.3 is 10.4 Å². The highest BCUT2D eigenvalue weighted by molar-refractivity contribution is 8.00. The van der Waals surface area contributed by atoms with Crippen LogP contribution in [0, 0.1) is 0 Å². The Balaban J connectivity index is 1.91. The largest absolute Gasteiger partial charge is 0.477 e. The van der Waals surface area contributed by atoms with E-state index in [9.17, 15) is 9.59 Å². The highest BCUT2D eigenvalue weighted by Gasteiger charge is 2.10. The molecular formula is C14H13NO3S3. The average Bonchev–Trinajstić information content (AvgIpc) is 2.95. The highest BCUT2D eigenvalue weighted by Crippen LogP contribution is 2.27. The molecule has 2 aromatic rings. The summed E-state index contributed by atoms with van der Waals surface area (Å²) in [6, 6.07) is 9.20. The van der Waals surface area contributed by atoms with E-state index in [-0.39, 0.29) is 16.5 Å². The first kappa shape index (κ1) is 15.9. The molecule has 0 radical (unpaired) electrons. The molecule has 2 N–H and O–H groups in total. The van der Waals surface area contributed by atoms with E-state index in [0.29, 0.717) is 0 Å². The third-order valence-electron chi connectivity index (χ3n) is 2.54. The van der Waals surface area contributed by atoms with Gasteiger partial charge in [0.25, 0.3) is 0 Å². The predicted octanol–water partition coefficient (Wildman–Crippen LogP) is 3.90. The maximum Gasteiger partial charge on any atom is 0.345 e. The van der Waals surface area contributed by atoms with Crippen molar-refractivity contribution in [2.45, 2.75) is 9.79 Å². The number of carboxylic acid groups (broad SMARTS) is 1. The molecule has 1 heterocycles. The topological polar surface area (TPSA) is 66.4 Å². The fraction of sp³-hybridized carbons (Fsp3) is 0.143. The lowest BCUT2D eigenvalue weighted by Gasteiger charge is -2.08. The zero-order chi connectivity index (χ0) is 15.2. The van der Waals surface area contributed by atoms with Gasteiger partial charge in [0.2, 0.25) is 5.91 Å². The minimum absolute atomic E-state index is 0.107. The molecule has 0 saturated carbocycles. The molecule has 21 heavy (non-hydrogen) atoms. The molecule has 1 aromatic carbocycles. The number of hydrogen-bond acceptors (Lipinski definition) is 5. The van der Waals surface area contributed by atoms with Crippen molar-refractivity contribution in [3.8, 4) is 0 Å². The third kappa shape index (κ3) is 4.52. The van der Waals surface area contributed by atoms with Gasteiger partial charge in [0, 0.05) is 15.2 Å². The summed E-state index contributed by atoms with van der Waals surface area (Å²) in [4.78, 5) is 24.8. The maximum absolute atomic E-state index is 11.9. The number of carbonyl (C=O) groups excluding carboxylic acids is 1. The molecule has 1 aromatic heterocycles. The molecule has 110 valence electrons. The van der Waals surface area contributed by atoms with E-state index >= 15 is 0 Å². The quantitative estimate of drug-likeness (QED) is 0.781. The van der Waals surface area contributed by atoms with Crippen LogP contribution < -0.4 is 5.32 Å². The van der Waals surface area contributed by atoms with E-state index in [1.54, 1.807) is 23.2 Å². The van der Waals surface area contributed by atoms with Crippen molar-refractivity contribution in [1.82, 2.24) is 0 Å². The number of carbonyl (C=O) groups is 2. The SMILES string of the molecule is CSc1ccccc1NC(=O)CSc1csc(C(=O)O)c1. The normalized spacial score (nSPS) is 10.3. The number of thioether (sulfide) groups is 2. The number of aromatic carboxylic acids is 1. The number of para-hydroxylation sites is 1. The Morgan fingerprint density at radius 2 is 2.10 bits per heavy atom. The lowest BCUT2D eigenvalue weighted by atomic mass is 10.3. The molecule has 2 rings (SSSR count). The number of rotatable bonds is 6. The zero-order valence-corrected chi connectivity index (χ0v) is 13.6. The number of hydrogen-bond donors (Lipinski definition) is 2. The molecular weight excluding hydrogens is 326 g/mol. The lowest BCUT2D eigenvalue weighted by Crippen LogP contribution is -2.14. The second kappa shape index (κ2) is 7.53. The van der Waals surface area contributed by atoms with Crippen LogP contribution in [0.3, 0.4) is 0 Å². The number of thiophene rings is 1. The Bertz CT molecular complexity index is 654. The monoisotopic (exact) mass is 339 g/mol. The summed E-state index contributed by atoms with van der Waals surface area (Å²) in [7, 11) is 0. The van der Waals surface area contributed by atoms with Crippen molar-refractivity contribution in [3.05, 3.63) is 40.6 Å². The van der Waals surface area contributed by atoms with Gasteiger partial charge in [-0.1, -0.05) is 12.1 Å². The summed E-state index contributed by atoms with van der Waals surface area (Å²) in [6.45, 7) is 0. The summed E-state index contributed by atoms with van der Waals surface area (Å²) < 4.78 is 0. The molecule has 0 spiro atoms. The van der Waals surface area contributed by atoms with Crippen molar-refractivity contribution < 1.29 is 14.7 Å². The minimum atomic E-state index is -0.940. The third-order valence-corrected chi connectivity index (χ3v) is 5.38. The van der Waals surface area contributed by atoms with E-state index < -0.39 is 5.97 Å². The van der Waals surface area contributed by atoms with Gasteiger partial charge in [0.1, 0.15) is 4.88 Å². The van der Waals surface area contributed by atoms with Crippen molar-refractivity contribution in [1.29, 1.82) is 0 Å². The van der Waals surface area contributed by atoms with Crippen LogP contribution in [0.2, 0.25) is 0 Å². The molecule has 0 bridgehead atoms. The molecule has 0 atom stereocenters. The van der Waals surface area contributed by atoms with Gasteiger partial charge in [-0.05, 0) is 24.5 Å². The van der Waals surface area contributed by atoms with Crippen LogP contribution >= 0.6 is 34.9 Å². The van der Waals surface area contributed by atoms with E-state index in [2.05, 4.69) is 5.32 Å². The maximum atomic E-state index is 11.9. The van der Waals surface area contributed by atoms with Crippen LogP contribution in [0.1, 0.15) is 9.67 Å². The second-order valence-electron chi connectivity index (χ2n) is 3.99. The van der Waals surface area contributed by atoms with Crippen LogP contribution in [-0.2, 0) is 4.79 Å². The first-order chi connectivity index (χ1) is 10.1. The van der Waals surface area contributed by atoms with Crippen LogP contribution in [0.25, 0.3) is 0 Å². The van der Waals surface area contributed by atoms with Crippen LogP contribution in [0.4, 0.5) is 5.69 Å². The Kier molecular flexibility index (Phi) is 5.72. The smallest absolute Gasteiger partial charge is 0.345 e. The van der Waals surface area contributed by atoms with Crippen molar-refractivity contribution >= 4 is 52.4 Å². The predicted molar refractivity (Wildman–Crippen MR) is 88.9 cm³/mol. The highest BCUT2D eigenvalue weighted by atomic mass is 32.2. The number of carboxylic acids is 1. The van der Waals surface area contributed by atoms with E-state index in [1.807, 2.05) is 30.5 Å². The van der Waals surface area contributed by atoms with Crippen molar-refractivity contribution in [3.63, 3.8) is 0 Å². The van der Waals surface area contributed by atoms with Gasteiger partial charge in [-0.15, -0.1) is 34.9 Å². The number of benzene rings is 1. The van der Waals surface area contributed by atoms with Crippen LogP contribution in [-0.4, -0.2) is 29.0 Å². The average molecular weight is 339 g/mol. The fourth-order valence-corrected chi connectivity index (χ4v) is 3.81. The molecule has 0 aliphatic rings. The van der Waals surface area contributed by atoms with Gasteiger partial charge in [-0.3, -0.25) is 4.79 Å². The molecule has 1 amide bonds. The van der Waals surface area contributed by atoms with Gasteiger partial charge >= 0.3 is 5.97 Å². The molecule has 0 fully saturated rings. The number of anilines is 1. The summed E-state index contributed by atoms with van der Waals surface area (Å²) in [5, 5.41) is 13.5. The zero-order valence-electron chi connectivity index (χ0n) is 11.2. The van der Waals surface area contributed by atoms with Crippen molar-refractivity contribution in [2.75, 3.05) is 17.3 Å².